The van der Waals surface area contributed by atoms with Gasteiger partial charge in [-0.3, -0.25) is 0 Å². The Morgan fingerprint density at radius 2 is 1.54 bits per heavy atom. The lowest BCUT2D eigenvalue weighted by molar-refractivity contribution is 0.281. The number of hydrogen-bond donors (Lipinski definition) is 0. The maximum absolute atomic E-state index is 5.09. The molecule has 0 aliphatic carbocycles. The number of pyridine rings is 1. The molecule has 3 rings (SSSR count). The summed E-state index contributed by atoms with van der Waals surface area (Å²) >= 11 is 0. The molecule has 0 bridgehead atoms. The highest BCUT2D eigenvalue weighted by Gasteiger charge is 2.31. The lowest BCUT2D eigenvalue weighted by Crippen LogP contribution is -2.38. The van der Waals surface area contributed by atoms with Crippen molar-refractivity contribution in [3.63, 3.8) is 0 Å². The Bertz CT molecular complexity index is 1180. The summed E-state index contributed by atoms with van der Waals surface area (Å²) in [6.45, 7) is 28.7. The Kier molecular flexibility index (Phi) is 11.2. The number of aryl methyl sites for hydroxylation is 1. The van der Waals surface area contributed by atoms with E-state index in [1.165, 1.54) is 22.3 Å². The molecule has 0 saturated carbocycles. The summed E-state index contributed by atoms with van der Waals surface area (Å²) in [4.78, 5) is 12.1. The number of likely N-dealkylation sites (N-methyl/N-ethyl adjacent to an activating group) is 1. The van der Waals surface area contributed by atoms with Gasteiger partial charge < -0.3 is 14.7 Å². The molecule has 1 aromatic carbocycles. The van der Waals surface area contributed by atoms with E-state index in [9.17, 15) is 0 Å². The lowest BCUT2D eigenvalue weighted by atomic mass is 9.88. The number of anilines is 1. The van der Waals surface area contributed by atoms with E-state index < -0.39 is 0 Å². The molecular formula is C35H50N4. The Labute approximate surface area is 238 Å². The first-order valence-electron chi connectivity index (χ1n) is 14.9. The molecule has 4 nitrogen and oxygen atoms in total. The third-order valence-electron chi connectivity index (χ3n) is 7.84. The van der Waals surface area contributed by atoms with E-state index in [2.05, 4.69) is 106 Å². The van der Waals surface area contributed by atoms with Gasteiger partial charge in [0.25, 0.3) is 0 Å². The van der Waals surface area contributed by atoms with Gasteiger partial charge in [0.05, 0.1) is 0 Å². The molecule has 0 fully saturated rings. The number of rotatable bonds is 15. The molecule has 0 N–H and O–H groups in total. The molecule has 0 unspecified atom stereocenters. The van der Waals surface area contributed by atoms with Crippen LogP contribution in [0, 0.1) is 0 Å². The van der Waals surface area contributed by atoms with Crippen LogP contribution >= 0.6 is 0 Å². The second-order valence-electron chi connectivity index (χ2n) is 10.6. The van der Waals surface area contributed by atoms with Crippen molar-refractivity contribution in [2.45, 2.75) is 73.1 Å². The normalized spacial score (nSPS) is 13.2. The number of benzene rings is 1. The molecule has 0 saturated heterocycles. The zero-order valence-electron chi connectivity index (χ0n) is 25.4. The third-order valence-corrected chi connectivity index (χ3v) is 7.84. The Balaban J connectivity index is 2.12. The molecule has 0 atom stereocenters. The van der Waals surface area contributed by atoms with E-state index in [4.69, 9.17) is 4.98 Å². The summed E-state index contributed by atoms with van der Waals surface area (Å²) in [5, 5.41) is 0. The van der Waals surface area contributed by atoms with Crippen LogP contribution in [0.3, 0.4) is 0 Å². The number of fused-ring (bicyclic) bond motifs is 1. The highest BCUT2D eigenvalue weighted by molar-refractivity contribution is 5.89. The van der Waals surface area contributed by atoms with Gasteiger partial charge >= 0.3 is 0 Å². The maximum Gasteiger partial charge on any atom is 0.140 e. The SMILES string of the molecule is C=C(CCC)N(C)C(=C)C1=C(CC)c2cc(-c3ccc(CC)cc3)cnc2N(CCN(CCC)CCC)C1=C. The van der Waals surface area contributed by atoms with Crippen molar-refractivity contribution in [3.05, 3.63) is 90.1 Å². The number of aromatic nitrogens is 1. The summed E-state index contributed by atoms with van der Waals surface area (Å²) in [6.07, 6.45) is 8.25. The molecule has 0 spiro atoms. The molecule has 1 aromatic heterocycles. The van der Waals surface area contributed by atoms with Gasteiger partial charge in [-0.1, -0.05) is 85.0 Å². The molecule has 2 aromatic rings. The van der Waals surface area contributed by atoms with Gasteiger partial charge in [0, 0.05) is 60.1 Å². The fourth-order valence-electron chi connectivity index (χ4n) is 5.53. The predicted molar refractivity (Wildman–Crippen MR) is 171 cm³/mol. The highest BCUT2D eigenvalue weighted by atomic mass is 15.2. The monoisotopic (exact) mass is 526 g/mol. The van der Waals surface area contributed by atoms with Crippen molar-refractivity contribution in [2.24, 2.45) is 0 Å². The predicted octanol–water partition coefficient (Wildman–Crippen LogP) is 8.69. The fourth-order valence-corrected chi connectivity index (χ4v) is 5.53. The summed E-state index contributed by atoms with van der Waals surface area (Å²) < 4.78 is 0. The number of allylic oxidation sites excluding steroid dienone is 2. The van der Waals surface area contributed by atoms with Crippen molar-refractivity contribution in [2.75, 3.05) is 38.1 Å². The Hall–Kier alpha value is -3.11. The fraction of sp³-hybridized carbons (Fsp3) is 0.457. The molecule has 4 heteroatoms. The largest absolute Gasteiger partial charge is 0.349 e. The van der Waals surface area contributed by atoms with Gasteiger partial charge in [-0.2, -0.15) is 0 Å². The molecule has 0 radical (unpaired) electrons. The van der Waals surface area contributed by atoms with Gasteiger partial charge in [-0.05, 0) is 68.0 Å². The van der Waals surface area contributed by atoms with Crippen LogP contribution in [0.25, 0.3) is 16.7 Å². The van der Waals surface area contributed by atoms with Crippen LogP contribution in [-0.4, -0.2) is 48.0 Å². The molecule has 39 heavy (non-hydrogen) atoms. The van der Waals surface area contributed by atoms with E-state index in [1.807, 2.05) is 6.20 Å². The Morgan fingerprint density at radius 1 is 0.872 bits per heavy atom. The molecule has 1 aliphatic rings. The maximum atomic E-state index is 5.09. The van der Waals surface area contributed by atoms with Crippen LogP contribution in [0.5, 0.6) is 0 Å². The van der Waals surface area contributed by atoms with Crippen molar-refractivity contribution in [3.8, 4) is 11.1 Å². The third kappa shape index (κ3) is 6.91. The first-order valence-corrected chi connectivity index (χ1v) is 14.9. The number of hydrogen-bond acceptors (Lipinski definition) is 4. The number of nitrogens with zero attached hydrogens (tertiary/aromatic N) is 4. The van der Waals surface area contributed by atoms with Gasteiger partial charge in [0.15, 0.2) is 0 Å². The summed E-state index contributed by atoms with van der Waals surface area (Å²) in [5.41, 5.74) is 10.3. The highest BCUT2D eigenvalue weighted by Crippen LogP contribution is 2.44. The molecule has 1 aliphatic heterocycles. The van der Waals surface area contributed by atoms with Gasteiger partial charge in [-0.15, -0.1) is 0 Å². The van der Waals surface area contributed by atoms with Crippen molar-refractivity contribution >= 4 is 11.4 Å². The average molecular weight is 527 g/mol. The zero-order chi connectivity index (χ0) is 28.5. The minimum atomic E-state index is 0.844. The van der Waals surface area contributed by atoms with E-state index in [0.717, 1.165) is 98.7 Å². The van der Waals surface area contributed by atoms with E-state index in [-0.39, 0.29) is 0 Å². The minimum Gasteiger partial charge on any atom is -0.349 e. The molecule has 210 valence electrons. The van der Waals surface area contributed by atoms with Crippen molar-refractivity contribution in [1.82, 2.24) is 14.8 Å². The summed E-state index contributed by atoms with van der Waals surface area (Å²) in [7, 11) is 2.09. The van der Waals surface area contributed by atoms with E-state index in [0.29, 0.717) is 0 Å². The standard InChI is InChI=1S/C35H50N4/c1-10-15-26(6)37(9)27(7)34-28(8)39(23-22-38(20-11-2)21-12-3)35-33(32(34)14-5)24-31(25-36-35)30-18-16-29(13-4)17-19-30/h16-19,24-25H,6-8,10-15,20-23H2,1-5,9H3. The molecule has 0 amide bonds. The van der Waals surface area contributed by atoms with Gasteiger partial charge in [0.2, 0.25) is 0 Å². The molecular weight excluding hydrogens is 476 g/mol. The smallest absolute Gasteiger partial charge is 0.140 e. The zero-order valence-corrected chi connectivity index (χ0v) is 25.4. The van der Waals surface area contributed by atoms with Crippen LogP contribution in [0.4, 0.5) is 5.82 Å². The second kappa shape index (κ2) is 14.3. The van der Waals surface area contributed by atoms with Crippen LogP contribution < -0.4 is 4.90 Å². The van der Waals surface area contributed by atoms with Gasteiger partial charge in [0.1, 0.15) is 5.82 Å². The quantitative estimate of drug-likeness (QED) is 0.231. The van der Waals surface area contributed by atoms with E-state index in [1.54, 1.807) is 0 Å². The average Bonchev–Trinajstić information content (AvgIpc) is 2.95. The first kappa shape index (κ1) is 30.4. The van der Waals surface area contributed by atoms with Crippen LogP contribution in [0.15, 0.2) is 78.9 Å². The summed E-state index contributed by atoms with van der Waals surface area (Å²) in [6, 6.07) is 11.2. The summed E-state index contributed by atoms with van der Waals surface area (Å²) in [5.74, 6) is 1.00. The topological polar surface area (TPSA) is 22.6 Å². The Morgan fingerprint density at radius 3 is 2.10 bits per heavy atom. The lowest BCUT2D eigenvalue weighted by Gasteiger charge is -2.39. The van der Waals surface area contributed by atoms with Crippen LogP contribution in [0.1, 0.15) is 77.8 Å². The van der Waals surface area contributed by atoms with Crippen LogP contribution in [-0.2, 0) is 6.42 Å². The molecule has 2 heterocycles. The van der Waals surface area contributed by atoms with Crippen LogP contribution in [0.2, 0.25) is 0 Å². The minimum absolute atomic E-state index is 0.844. The van der Waals surface area contributed by atoms with Crippen molar-refractivity contribution in [1.29, 1.82) is 0 Å². The van der Waals surface area contributed by atoms with Crippen molar-refractivity contribution < 1.29 is 0 Å². The first-order chi connectivity index (χ1) is 18.8. The second-order valence-corrected chi connectivity index (χ2v) is 10.6. The van der Waals surface area contributed by atoms with Gasteiger partial charge in [-0.25, -0.2) is 4.98 Å². The van der Waals surface area contributed by atoms with E-state index >= 15 is 0 Å².